The molecular formula is C16H16N4O2. The zero-order chi connectivity index (χ0) is 15.8. The number of carbonyl (C=O) groups is 2. The highest BCUT2D eigenvalue weighted by molar-refractivity contribution is 6.39. The Balaban J connectivity index is 1.86. The summed E-state index contributed by atoms with van der Waals surface area (Å²) in [5.41, 5.74) is 4.60. The van der Waals surface area contributed by atoms with Gasteiger partial charge in [-0.1, -0.05) is 25.1 Å². The fourth-order valence-electron chi connectivity index (χ4n) is 1.68. The van der Waals surface area contributed by atoms with E-state index in [2.05, 4.69) is 20.8 Å². The molecule has 2 aromatic rings. The first kappa shape index (κ1) is 15.4. The predicted molar refractivity (Wildman–Crippen MR) is 84.4 cm³/mol. The number of hydrogen-bond acceptors (Lipinski definition) is 4. The molecule has 0 spiro atoms. The van der Waals surface area contributed by atoms with E-state index < -0.39 is 11.8 Å². The summed E-state index contributed by atoms with van der Waals surface area (Å²) < 4.78 is 0. The number of nitrogens with zero attached hydrogens (tertiary/aromatic N) is 2. The highest BCUT2D eigenvalue weighted by Gasteiger charge is 2.12. The van der Waals surface area contributed by atoms with Crippen molar-refractivity contribution in [2.24, 2.45) is 5.10 Å². The number of anilines is 1. The lowest BCUT2D eigenvalue weighted by molar-refractivity contribution is -0.136. The van der Waals surface area contributed by atoms with Gasteiger partial charge in [-0.15, -0.1) is 0 Å². The fraction of sp³-hybridized carbons (Fsp3) is 0.125. The molecule has 112 valence electrons. The van der Waals surface area contributed by atoms with Crippen molar-refractivity contribution in [2.45, 2.75) is 13.3 Å². The van der Waals surface area contributed by atoms with Crippen molar-refractivity contribution < 1.29 is 9.59 Å². The summed E-state index contributed by atoms with van der Waals surface area (Å²) in [7, 11) is 0. The number of pyridine rings is 1. The fourth-order valence-corrected chi connectivity index (χ4v) is 1.68. The lowest BCUT2D eigenvalue weighted by atomic mass is 10.1. The van der Waals surface area contributed by atoms with Crippen molar-refractivity contribution in [3.05, 3.63) is 59.9 Å². The SMILES string of the molecule is CCc1ccc(NC(=O)C(=O)N/N=C/c2cccnc2)cc1. The standard InChI is InChI=1S/C16H16N4O2/c1-2-12-5-7-14(8-6-12)19-15(21)16(22)20-18-11-13-4-3-9-17-10-13/h3-11H,2H2,1H3,(H,19,21)(H,20,22)/b18-11+. The van der Waals surface area contributed by atoms with E-state index in [1.54, 1.807) is 36.7 Å². The van der Waals surface area contributed by atoms with Crippen molar-refractivity contribution in [1.29, 1.82) is 0 Å². The molecule has 0 saturated heterocycles. The smallest absolute Gasteiger partial charge is 0.318 e. The molecule has 0 fully saturated rings. The quantitative estimate of drug-likeness (QED) is 0.512. The van der Waals surface area contributed by atoms with E-state index in [4.69, 9.17) is 0 Å². The third kappa shape index (κ3) is 4.52. The van der Waals surface area contributed by atoms with Gasteiger partial charge in [0.1, 0.15) is 0 Å². The largest absolute Gasteiger partial charge is 0.329 e. The first-order chi connectivity index (χ1) is 10.7. The molecule has 0 aliphatic carbocycles. The second kappa shape index (κ2) is 7.68. The maximum absolute atomic E-state index is 11.7. The number of benzene rings is 1. The Morgan fingerprint density at radius 1 is 1.18 bits per heavy atom. The van der Waals surface area contributed by atoms with Gasteiger partial charge in [0.2, 0.25) is 0 Å². The van der Waals surface area contributed by atoms with E-state index in [0.29, 0.717) is 5.69 Å². The average Bonchev–Trinajstić information content (AvgIpc) is 2.56. The number of nitrogens with one attached hydrogen (secondary N) is 2. The average molecular weight is 296 g/mol. The summed E-state index contributed by atoms with van der Waals surface area (Å²) in [5.74, 6) is -1.60. The Hall–Kier alpha value is -3.02. The van der Waals surface area contributed by atoms with E-state index in [-0.39, 0.29) is 0 Å². The molecule has 1 aromatic carbocycles. The van der Waals surface area contributed by atoms with Crippen LogP contribution in [0.4, 0.5) is 5.69 Å². The minimum atomic E-state index is -0.834. The van der Waals surface area contributed by atoms with Crippen LogP contribution in [0.3, 0.4) is 0 Å². The molecule has 1 heterocycles. The minimum Gasteiger partial charge on any atom is -0.318 e. The lowest BCUT2D eigenvalue weighted by Crippen LogP contribution is -2.32. The molecule has 2 N–H and O–H groups in total. The van der Waals surface area contributed by atoms with Crippen LogP contribution in [0.1, 0.15) is 18.1 Å². The summed E-state index contributed by atoms with van der Waals surface area (Å²) in [5, 5.41) is 6.21. The number of hydrazone groups is 1. The van der Waals surface area contributed by atoms with Gasteiger partial charge in [-0.25, -0.2) is 5.43 Å². The number of rotatable bonds is 4. The minimum absolute atomic E-state index is 0.564. The second-order valence-electron chi connectivity index (χ2n) is 4.49. The monoisotopic (exact) mass is 296 g/mol. The molecule has 6 heteroatoms. The molecule has 0 saturated carbocycles. The van der Waals surface area contributed by atoms with Crippen LogP contribution in [0.15, 0.2) is 53.9 Å². The zero-order valence-corrected chi connectivity index (χ0v) is 12.1. The zero-order valence-electron chi connectivity index (χ0n) is 12.1. The van der Waals surface area contributed by atoms with Crippen LogP contribution >= 0.6 is 0 Å². The number of aromatic nitrogens is 1. The Kier molecular flexibility index (Phi) is 5.37. The molecule has 2 rings (SSSR count). The Morgan fingerprint density at radius 3 is 2.59 bits per heavy atom. The van der Waals surface area contributed by atoms with Gasteiger partial charge < -0.3 is 5.32 Å². The predicted octanol–water partition coefficient (Wildman–Crippen LogP) is 1.73. The highest BCUT2D eigenvalue weighted by Crippen LogP contribution is 2.09. The van der Waals surface area contributed by atoms with Gasteiger partial charge in [-0.2, -0.15) is 5.10 Å². The van der Waals surface area contributed by atoms with Crippen LogP contribution in [-0.4, -0.2) is 23.0 Å². The maximum Gasteiger partial charge on any atom is 0.329 e. The molecule has 0 unspecified atom stereocenters. The van der Waals surface area contributed by atoms with Gasteiger partial charge in [0.15, 0.2) is 0 Å². The summed E-state index contributed by atoms with van der Waals surface area (Å²) in [6.07, 6.45) is 5.55. The topological polar surface area (TPSA) is 83.5 Å². The molecule has 2 amide bonds. The van der Waals surface area contributed by atoms with Crippen molar-refractivity contribution >= 4 is 23.7 Å². The van der Waals surface area contributed by atoms with E-state index >= 15 is 0 Å². The number of hydrogen-bond donors (Lipinski definition) is 2. The second-order valence-corrected chi connectivity index (χ2v) is 4.49. The highest BCUT2D eigenvalue weighted by atomic mass is 16.2. The molecule has 0 radical (unpaired) electrons. The van der Waals surface area contributed by atoms with Crippen molar-refractivity contribution in [3.8, 4) is 0 Å². The Labute approximate surface area is 128 Å². The van der Waals surface area contributed by atoms with E-state index in [1.807, 2.05) is 19.1 Å². The van der Waals surface area contributed by atoms with Crippen molar-refractivity contribution in [1.82, 2.24) is 10.4 Å². The van der Waals surface area contributed by atoms with Crippen molar-refractivity contribution in [3.63, 3.8) is 0 Å². The van der Waals surface area contributed by atoms with Crippen LogP contribution in [0.25, 0.3) is 0 Å². The van der Waals surface area contributed by atoms with Crippen molar-refractivity contribution in [2.75, 3.05) is 5.32 Å². The van der Waals surface area contributed by atoms with E-state index in [0.717, 1.165) is 17.5 Å². The first-order valence-electron chi connectivity index (χ1n) is 6.82. The van der Waals surface area contributed by atoms with Gasteiger partial charge >= 0.3 is 11.8 Å². The van der Waals surface area contributed by atoms with Gasteiger partial charge in [0, 0.05) is 23.6 Å². The van der Waals surface area contributed by atoms with Gasteiger partial charge in [0.25, 0.3) is 0 Å². The van der Waals surface area contributed by atoms with Crippen LogP contribution in [-0.2, 0) is 16.0 Å². The first-order valence-corrected chi connectivity index (χ1v) is 6.82. The van der Waals surface area contributed by atoms with E-state index in [1.165, 1.54) is 6.21 Å². The summed E-state index contributed by atoms with van der Waals surface area (Å²) in [6, 6.07) is 10.8. The van der Waals surface area contributed by atoms with Crippen LogP contribution in [0.5, 0.6) is 0 Å². The van der Waals surface area contributed by atoms with Gasteiger partial charge in [-0.3, -0.25) is 14.6 Å². The molecule has 0 aliphatic rings. The van der Waals surface area contributed by atoms with Crippen LogP contribution in [0, 0.1) is 0 Å². The summed E-state index contributed by atoms with van der Waals surface area (Å²) in [6.45, 7) is 2.04. The summed E-state index contributed by atoms with van der Waals surface area (Å²) in [4.78, 5) is 27.2. The lowest BCUT2D eigenvalue weighted by Gasteiger charge is -2.04. The molecular weight excluding hydrogens is 280 g/mol. The van der Waals surface area contributed by atoms with Crippen LogP contribution in [0.2, 0.25) is 0 Å². The number of aryl methyl sites for hydroxylation is 1. The Bertz CT molecular complexity index is 666. The van der Waals surface area contributed by atoms with E-state index in [9.17, 15) is 9.59 Å². The normalized spacial score (nSPS) is 10.4. The van der Waals surface area contributed by atoms with Crippen LogP contribution < -0.4 is 10.7 Å². The third-order valence-electron chi connectivity index (χ3n) is 2.89. The third-order valence-corrected chi connectivity index (χ3v) is 2.89. The van der Waals surface area contributed by atoms with Gasteiger partial charge in [0.05, 0.1) is 6.21 Å². The van der Waals surface area contributed by atoms with Gasteiger partial charge in [-0.05, 0) is 30.2 Å². The number of amides is 2. The molecule has 1 aromatic heterocycles. The molecule has 6 nitrogen and oxygen atoms in total. The molecule has 0 bridgehead atoms. The number of carbonyl (C=O) groups excluding carboxylic acids is 2. The summed E-state index contributed by atoms with van der Waals surface area (Å²) >= 11 is 0. The Morgan fingerprint density at radius 2 is 1.95 bits per heavy atom. The molecule has 0 atom stereocenters. The molecule has 22 heavy (non-hydrogen) atoms. The molecule has 0 aliphatic heterocycles. The maximum atomic E-state index is 11.7.